The summed E-state index contributed by atoms with van der Waals surface area (Å²) in [6.45, 7) is 0.966. The quantitative estimate of drug-likeness (QED) is 0.788. The van der Waals surface area contributed by atoms with Crippen molar-refractivity contribution in [3.63, 3.8) is 0 Å². The molecule has 1 aromatic heterocycles. The fraction of sp³-hybridized carbons (Fsp3) is 0.500. The maximum absolute atomic E-state index is 12.8. The minimum atomic E-state index is -3.06. The molecule has 6 heteroatoms. The zero-order valence-corrected chi connectivity index (χ0v) is 9.04. The van der Waals surface area contributed by atoms with E-state index in [1.54, 1.807) is 22.9 Å². The summed E-state index contributed by atoms with van der Waals surface area (Å²) in [4.78, 5) is 11.5. The first kappa shape index (κ1) is 12.6. The number of carbonyl (C=O) groups excluding carboxylic acids is 1. The van der Waals surface area contributed by atoms with Crippen molar-refractivity contribution in [2.45, 2.75) is 19.4 Å². The van der Waals surface area contributed by atoms with Crippen LogP contribution < -0.4 is 11.1 Å². The number of nitrogens with two attached hydrogens (primary N) is 1. The van der Waals surface area contributed by atoms with Gasteiger partial charge in [-0.15, -0.1) is 0 Å². The van der Waals surface area contributed by atoms with Gasteiger partial charge in [-0.1, -0.05) is 0 Å². The first-order valence-electron chi connectivity index (χ1n) is 5.01. The van der Waals surface area contributed by atoms with E-state index in [4.69, 9.17) is 5.73 Å². The highest BCUT2D eigenvalue weighted by Crippen LogP contribution is 2.09. The molecule has 3 N–H and O–H groups in total. The van der Waals surface area contributed by atoms with Gasteiger partial charge in [0.1, 0.15) is 5.69 Å². The predicted molar refractivity (Wildman–Crippen MR) is 56.4 cm³/mol. The lowest BCUT2D eigenvalue weighted by Gasteiger charge is -2.14. The number of aromatic nitrogens is 1. The Morgan fingerprint density at radius 2 is 2.31 bits per heavy atom. The summed E-state index contributed by atoms with van der Waals surface area (Å²) in [5.74, 6) is -3.57. The summed E-state index contributed by atoms with van der Waals surface area (Å²) in [6, 6.07) is 3.28. The van der Waals surface area contributed by atoms with E-state index in [0.29, 0.717) is 12.2 Å². The molecule has 0 radical (unpaired) electrons. The molecule has 1 rings (SSSR count). The Hall–Kier alpha value is -1.43. The number of rotatable bonds is 5. The number of carbonyl (C=O) groups is 1. The molecule has 0 aliphatic carbocycles. The number of amides is 1. The van der Waals surface area contributed by atoms with Gasteiger partial charge in [0.05, 0.1) is 13.1 Å². The highest BCUT2D eigenvalue weighted by molar-refractivity contribution is 5.92. The molecule has 0 spiro atoms. The fourth-order valence-electron chi connectivity index (χ4n) is 1.27. The third kappa shape index (κ3) is 3.03. The van der Waals surface area contributed by atoms with Gasteiger partial charge in [0.15, 0.2) is 0 Å². The number of alkyl halides is 2. The largest absolute Gasteiger partial charge is 0.345 e. The topological polar surface area (TPSA) is 60.0 Å². The molecule has 1 amide bonds. The molecule has 1 aromatic rings. The Morgan fingerprint density at radius 1 is 1.62 bits per heavy atom. The van der Waals surface area contributed by atoms with Crippen LogP contribution in [0.2, 0.25) is 0 Å². The Labute approximate surface area is 92.4 Å². The normalized spacial score (nSPS) is 11.5. The maximum atomic E-state index is 12.8. The number of hydrogen-bond donors (Lipinski definition) is 2. The second-order valence-corrected chi connectivity index (χ2v) is 3.42. The van der Waals surface area contributed by atoms with E-state index in [9.17, 15) is 13.6 Å². The molecule has 0 bridgehead atoms. The highest BCUT2D eigenvalue weighted by Gasteiger charge is 2.27. The van der Waals surface area contributed by atoms with Crippen LogP contribution in [0.25, 0.3) is 0 Å². The minimum Gasteiger partial charge on any atom is -0.345 e. The minimum absolute atomic E-state index is 0.371. The molecular weight excluding hydrogens is 216 g/mol. The monoisotopic (exact) mass is 231 g/mol. The van der Waals surface area contributed by atoms with Gasteiger partial charge in [0.25, 0.3) is 11.8 Å². The highest BCUT2D eigenvalue weighted by atomic mass is 19.3. The summed E-state index contributed by atoms with van der Waals surface area (Å²) in [5.41, 5.74) is 5.23. The second kappa shape index (κ2) is 5.07. The van der Waals surface area contributed by atoms with Gasteiger partial charge in [0, 0.05) is 12.7 Å². The molecule has 1 heterocycles. The third-order valence-electron chi connectivity index (χ3n) is 2.21. The molecule has 0 unspecified atom stereocenters. The standard InChI is InChI=1S/C10H15F2N3O/c1-2-15-5-3-4-8(15)9(16)14-7-10(11,12)6-13/h3-5H,2,6-7,13H2,1H3,(H,14,16). The van der Waals surface area contributed by atoms with E-state index in [0.717, 1.165) is 0 Å². The second-order valence-electron chi connectivity index (χ2n) is 3.42. The van der Waals surface area contributed by atoms with Gasteiger partial charge >= 0.3 is 0 Å². The Morgan fingerprint density at radius 3 is 2.88 bits per heavy atom. The first-order valence-corrected chi connectivity index (χ1v) is 5.01. The van der Waals surface area contributed by atoms with Crippen molar-refractivity contribution < 1.29 is 13.6 Å². The summed E-state index contributed by atoms with van der Waals surface area (Å²) in [7, 11) is 0. The van der Waals surface area contributed by atoms with Crippen molar-refractivity contribution >= 4 is 5.91 Å². The lowest BCUT2D eigenvalue weighted by atomic mass is 10.3. The maximum Gasteiger partial charge on any atom is 0.277 e. The Bertz CT molecular complexity index is 363. The molecule has 0 aliphatic heterocycles. The Kier molecular flexibility index (Phi) is 4.00. The molecule has 4 nitrogen and oxygen atoms in total. The van der Waals surface area contributed by atoms with Crippen molar-refractivity contribution in [2.24, 2.45) is 5.73 Å². The van der Waals surface area contributed by atoms with Crippen LogP contribution in [0.5, 0.6) is 0 Å². The van der Waals surface area contributed by atoms with E-state index < -0.39 is 24.9 Å². The van der Waals surface area contributed by atoms with Gasteiger partial charge < -0.3 is 15.6 Å². The Balaban J connectivity index is 2.60. The predicted octanol–water partition coefficient (Wildman–Crippen LogP) is 0.832. The van der Waals surface area contributed by atoms with E-state index in [2.05, 4.69) is 5.32 Å². The third-order valence-corrected chi connectivity index (χ3v) is 2.21. The number of aryl methyl sites for hydroxylation is 1. The molecule has 0 aromatic carbocycles. The SMILES string of the molecule is CCn1cccc1C(=O)NCC(F)(F)CN. The molecule has 0 aliphatic rings. The fourth-order valence-corrected chi connectivity index (χ4v) is 1.27. The van der Waals surface area contributed by atoms with Gasteiger partial charge in [-0.25, -0.2) is 8.78 Å². The number of halogens is 2. The van der Waals surface area contributed by atoms with Crippen molar-refractivity contribution in [3.05, 3.63) is 24.0 Å². The van der Waals surface area contributed by atoms with E-state index in [-0.39, 0.29) is 0 Å². The van der Waals surface area contributed by atoms with Gasteiger partial charge in [0.2, 0.25) is 0 Å². The average Bonchev–Trinajstić information content (AvgIpc) is 2.74. The molecule has 0 fully saturated rings. The lowest BCUT2D eigenvalue weighted by molar-refractivity contribution is 0.0117. The smallest absolute Gasteiger partial charge is 0.277 e. The van der Waals surface area contributed by atoms with Crippen molar-refractivity contribution in [3.8, 4) is 0 Å². The molecule has 0 saturated carbocycles. The van der Waals surface area contributed by atoms with Gasteiger partial charge in [-0.05, 0) is 19.1 Å². The van der Waals surface area contributed by atoms with Crippen LogP contribution in [0.3, 0.4) is 0 Å². The van der Waals surface area contributed by atoms with Crippen LogP contribution in [-0.2, 0) is 6.54 Å². The van der Waals surface area contributed by atoms with Crippen LogP contribution in [0, 0.1) is 0 Å². The van der Waals surface area contributed by atoms with E-state index in [1.165, 1.54) is 0 Å². The molecule has 0 atom stereocenters. The van der Waals surface area contributed by atoms with Gasteiger partial charge in [-0.2, -0.15) is 0 Å². The van der Waals surface area contributed by atoms with Crippen LogP contribution in [-0.4, -0.2) is 29.5 Å². The van der Waals surface area contributed by atoms with E-state index in [1.807, 2.05) is 6.92 Å². The number of hydrogen-bond acceptors (Lipinski definition) is 2. The first-order chi connectivity index (χ1) is 7.50. The summed E-state index contributed by atoms with van der Waals surface area (Å²) < 4.78 is 27.3. The van der Waals surface area contributed by atoms with E-state index >= 15 is 0 Å². The van der Waals surface area contributed by atoms with Crippen LogP contribution in [0.15, 0.2) is 18.3 Å². The van der Waals surface area contributed by atoms with Crippen molar-refractivity contribution in [1.82, 2.24) is 9.88 Å². The zero-order valence-electron chi connectivity index (χ0n) is 9.04. The number of nitrogens with zero attached hydrogens (tertiary/aromatic N) is 1. The van der Waals surface area contributed by atoms with Crippen molar-refractivity contribution in [2.75, 3.05) is 13.1 Å². The van der Waals surface area contributed by atoms with Crippen LogP contribution >= 0.6 is 0 Å². The average molecular weight is 231 g/mol. The molecular formula is C10H15F2N3O. The summed E-state index contributed by atoms with van der Waals surface area (Å²) in [5, 5.41) is 2.16. The zero-order chi connectivity index (χ0) is 12.2. The molecule has 16 heavy (non-hydrogen) atoms. The van der Waals surface area contributed by atoms with Crippen LogP contribution in [0.1, 0.15) is 17.4 Å². The molecule has 0 saturated heterocycles. The van der Waals surface area contributed by atoms with Gasteiger partial charge in [-0.3, -0.25) is 4.79 Å². The molecule has 90 valence electrons. The lowest BCUT2D eigenvalue weighted by Crippen LogP contribution is -2.41. The van der Waals surface area contributed by atoms with Crippen LogP contribution in [0.4, 0.5) is 8.78 Å². The summed E-state index contributed by atoms with van der Waals surface area (Å²) in [6.07, 6.45) is 1.72. The number of nitrogens with one attached hydrogen (secondary N) is 1. The summed E-state index contributed by atoms with van der Waals surface area (Å²) >= 11 is 0. The van der Waals surface area contributed by atoms with Crippen molar-refractivity contribution in [1.29, 1.82) is 0 Å².